The summed E-state index contributed by atoms with van der Waals surface area (Å²) >= 11 is 0. The van der Waals surface area contributed by atoms with Gasteiger partial charge < -0.3 is 10.1 Å². The van der Waals surface area contributed by atoms with E-state index < -0.39 is 4.92 Å². The lowest BCUT2D eigenvalue weighted by molar-refractivity contribution is -0.384. The van der Waals surface area contributed by atoms with E-state index in [2.05, 4.69) is 10.3 Å². The molecule has 0 aromatic carbocycles. The highest BCUT2D eigenvalue weighted by molar-refractivity contribution is 5.60. The van der Waals surface area contributed by atoms with Gasteiger partial charge in [-0.1, -0.05) is 0 Å². The number of rotatable bonds is 3. The molecule has 2 rings (SSSR count). The molecule has 1 atom stereocenters. The topological polar surface area (TPSA) is 77.3 Å². The summed E-state index contributed by atoms with van der Waals surface area (Å²) in [5, 5.41) is 13.8. The van der Waals surface area contributed by atoms with E-state index in [9.17, 15) is 10.1 Å². The molecule has 0 unspecified atom stereocenters. The Balaban J connectivity index is 2.15. The van der Waals surface area contributed by atoms with Crippen molar-refractivity contribution in [2.75, 3.05) is 18.5 Å². The molecule has 6 nitrogen and oxygen atoms in total. The monoisotopic (exact) mass is 209 g/mol. The molecule has 15 heavy (non-hydrogen) atoms. The first-order valence-electron chi connectivity index (χ1n) is 4.70. The first kappa shape index (κ1) is 9.85. The van der Waals surface area contributed by atoms with E-state index in [1.807, 2.05) is 0 Å². The van der Waals surface area contributed by atoms with Crippen molar-refractivity contribution in [3.8, 4) is 0 Å². The average molecular weight is 209 g/mol. The Bertz CT molecular complexity index is 363. The second-order valence-corrected chi connectivity index (χ2v) is 3.35. The van der Waals surface area contributed by atoms with Gasteiger partial charge >= 0.3 is 5.69 Å². The molecule has 1 aliphatic rings. The Morgan fingerprint density at radius 1 is 1.67 bits per heavy atom. The van der Waals surface area contributed by atoms with Crippen LogP contribution in [0.25, 0.3) is 0 Å². The van der Waals surface area contributed by atoms with Gasteiger partial charge in [0.2, 0.25) is 0 Å². The Kier molecular flexibility index (Phi) is 2.77. The third kappa shape index (κ3) is 2.21. The van der Waals surface area contributed by atoms with Crippen molar-refractivity contribution < 1.29 is 9.66 Å². The second kappa shape index (κ2) is 4.22. The molecule has 0 radical (unpaired) electrons. The van der Waals surface area contributed by atoms with Crippen LogP contribution in [0.1, 0.15) is 6.42 Å². The number of anilines is 1. The first-order chi connectivity index (χ1) is 7.27. The maximum atomic E-state index is 10.7. The van der Waals surface area contributed by atoms with E-state index in [1.54, 1.807) is 6.07 Å². The van der Waals surface area contributed by atoms with Crippen LogP contribution >= 0.6 is 0 Å². The van der Waals surface area contributed by atoms with Crippen molar-refractivity contribution in [3.63, 3.8) is 0 Å². The molecular weight excluding hydrogens is 198 g/mol. The Hall–Kier alpha value is -1.69. The zero-order chi connectivity index (χ0) is 10.7. The molecule has 80 valence electrons. The van der Waals surface area contributed by atoms with E-state index in [-0.39, 0.29) is 11.7 Å². The van der Waals surface area contributed by atoms with Crippen LogP contribution < -0.4 is 5.32 Å². The number of hydrogen-bond acceptors (Lipinski definition) is 5. The lowest BCUT2D eigenvalue weighted by Crippen LogP contribution is -2.19. The Morgan fingerprint density at radius 2 is 2.53 bits per heavy atom. The van der Waals surface area contributed by atoms with Crippen molar-refractivity contribution in [2.24, 2.45) is 0 Å². The quantitative estimate of drug-likeness (QED) is 0.597. The fourth-order valence-electron chi connectivity index (χ4n) is 1.52. The average Bonchev–Trinajstić information content (AvgIpc) is 2.71. The molecule has 0 aliphatic carbocycles. The Morgan fingerprint density at radius 3 is 3.20 bits per heavy atom. The van der Waals surface area contributed by atoms with Gasteiger partial charge in [0.1, 0.15) is 11.9 Å². The summed E-state index contributed by atoms with van der Waals surface area (Å²) < 4.78 is 5.18. The van der Waals surface area contributed by atoms with Crippen LogP contribution in [-0.4, -0.2) is 29.2 Å². The lowest BCUT2D eigenvalue weighted by Gasteiger charge is -2.11. The zero-order valence-corrected chi connectivity index (χ0v) is 8.05. The summed E-state index contributed by atoms with van der Waals surface area (Å²) in [6.45, 7) is 1.30. The van der Waals surface area contributed by atoms with E-state index in [0.717, 1.165) is 6.42 Å². The van der Waals surface area contributed by atoms with Crippen molar-refractivity contribution >= 4 is 11.4 Å². The third-order valence-electron chi connectivity index (χ3n) is 2.29. The molecular formula is C9H11N3O3. The van der Waals surface area contributed by atoms with Crippen LogP contribution in [0.15, 0.2) is 18.5 Å². The number of hydrogen-bond donors (Lipinski definition) is 1. The number of pyridine rings is 1. The van der Waals surface area contributed by atoms with Gasteiger partial charge in [0.05, 0.1) is 17.6 Å². The number of nitrogens with one attached hydrogen (secondary N) is 1. The molecule has 1 saturated heterocycles. The standard InChI is InChI=1S/C9H11N3O3/c13-12(14)9-5-10-3-1-8(9)11-7-2-4-15-6-7/h1,3,5,7H,2,4,6H2,(H,10,11)/t7-/m1/s1. The van der Waals surface area contributed by atoms with Gasteiger partial charge in [-0.05, 0) is 12.5 Å². The minimum Gasteiger partial charge on any atom is -0.379 e. The van der Waals surface area contributed by atoms with Crippen LogP contribution in [0.4, 0.5) is 11.4 Å². The second-order valence-electron chi connectivity index (χ2n) is 3.35. The summed E-state index contributed by atoms with van der Waals surface area (Å²) in [5.74, 6) is 0. The SMILES string of the molecule is O=[N+]([O-])c1cnccc1N[C@@H]1CCOC1. The molecule has 0 saturated carbocycles. The van der Waals surface area contributed by atoms with Crippen LogP contribution in [0.5, 0.6) is 0 Å². The van der Waals surface area contributed by atoms with Gasteiger partial charge in [0.15, 0.2) is 0 Å². The summed E-state index contributed by atoms with van der Waals surface area (Å²) in [6.07, 6.45) is 3.66. The summed E-state index contributed by atoms with van der Waals surface area (Å²) in [5.41, 5.74) is 0.509. The number of ether oxygens (including phenoxy) is 1. The fourth-order valence-corrected chi connectivity index (χ4v) is 1.52. The number of aromatic nitrogens is 1. The van der Waals surface area contributed by atoms with Crippen LogP contribution in [-0.2, 0) is 4.74 Å². The lowest BCUT2D eigenvalue weighted by atomic mass is 10.2. The summed E-state index contributed by atoms with van der Waals surface area (Å²) in [4.78, 5) is 14.0. The van der Waals surface area contributed by atoms with Gasteiger partial charge in [-0.25, -0.2) is 0 Å². The predicted molar refractivity (Wildman–Crippen MR) is 53.7 cm³/mol. The van der Waals surface area contributed by atoms with Gasteiger partial charge in [-0.2, -0.15) is 0 Å². The highest BCUT2D eigenvalue weighted by atomic mass is 16.6. The number of nitro groups is 1. The first-order valence-corrected chi connectivity index (χ1v) is 4.70. The highest BCUT2D eigenvalue weighted by Crippen LogP contribution is 2.24. The van der Waals surface area contributed by atoms with Crippen molar-refractivity contribution in [1.29, 1.82) is 0 Å². The van der Waals surface area contributed by atoms with E-state index >= 15 is 0 Å². The fraction of sp³-hybridized carbons (Fsp3) is 0.444. The van der Waals surface area contributed by atoms with Crippen LogP contribution in [0, 0.1) is 10.1 Å². The molecule has 0 amide bonds. The Labute approximate surface area is 86.4 Å². The molecule has 1 aliphatic heterocycles. The van der Waals surface area contributed by atoms with E-state index in [0.29, 0.717) is 18.9 Å². The van der Waals surface area contributed by atoms with Gasteiger partial charge in [-0.3, -0.25) is 15.1 Å². The zero-order valence-electron chi connectivity index (χ0n) is 8.05. The largest absolute Gasteiger partial charge is 0.379 e. The van der Waals surface area contributed by atoms with E-state index in [4.69, 9.17) is 4.74 Å². The number of nitrogens with zero attached hydrogens (tertiary/aromatic N) is 2. The highest BCUT2D eigenvalue weighted by Gasteiger charge is 2.20. The maximum absolute atomic E-state index is 10.7. The molecule has 6 heteroatoms. The van der Waals surface area contributed by atoms with Crippen molar-refractivity contribution in [2.45, 2.75) is 12.5 Å². The minimum absolute atomic E-state index is 0.00407. The third-order valence-corrected chi connectivity index (χ3v) is 2.29. The minimum atomic E-state index is -0.439. The molecule has 0 spiro atoms. The van der Waals surface area contributed by atoms with Gasteiger partial charge in [0.25, 0.3) is 0 Å². The maximum Gasteiger partial charge on any atom is 0.310 e. The predicted octanol–water partition coefficient (Wildman–Crippen LogP) is 1.19. The molecule has 1 aromatic rings. The molecule has 0 bridgehead atoms. The summed E-state index contributed by atoms with van der Waals surface area (Å²) in [6, 6.07) is 1.77. The normalized spacial score (nSPS) is 20.1. The molecule has 1 N–H and O–H groups in total. The van der Waals surface area contributed by atoms with Crippen molar-refractivity contribution in [1.82, 2.24) is 4.98 Å². The van der Waals surface area contributed by atoms with Crippen LogP contribution in [0.3, 0.4) is 0 Å². The van der Waals surface area contributed by atoms with Crippen LogP contribution in [0.2, 0.25) is 0 Å². The smallest absolute Gasteiger partial charge is 0.310 e. The summed E-state index contributed by atoms with van der Waals surface area (Å²) in [7, 11) is 0. The van der Waals surface area contributed by atoms with Gasteiger partial charge in [0, 0.05) is 12.8 Å². The van der Waals surface area contributed by atoms with E-state index in [1.165, 1.54) is 12.4 Å². The molecule has 1 fully saturated rings. The molecule has 1 aromatic heterocycles. The molecule has 2 heterocycles. The van der Waals surface area contributed by atoms with Crippen molar-refractivity contribution in [3.05, 3.63) is 28.6 Å². The van der Waals surface area contributed by atoms with Gasteiger partial charge in [-0.15, -0.1) is 0 Å².